The van der Waals surface area contributed by atoms with Crippen LogP contribution in [0.15, 0.2) is 23.2 Å². The zero-order valence-electron chi connectivity index (χ0n) is 10.2. The molecule has 0 atom stereocenters. The minimum atomic E-state index is -3.83. The van der Waals surface area contributed by atoms with Crippen molar-refractivity contribution in [2.24, 2.45) is 11.1 Å². The summed E-state index contributed by atoms with van der Waals surface area (Å²) in [5.41, 5.74) is 0. The molecular weight excluding hydrogens is 270 g/mol. The van der Waals surface area contributed by atoms with Crippen LogP contribution in [-0.2, 0) is 14.8 Å². The first-order valence-corrected chi connectivity index (χ1v) is 7.40. The van der Waals surface area contributed by atoms with Gasteiger partial charge in [-0.1, -0.05) is 0 Å². The number of sulfonamides is 1. The van der Waals surface area contributed by atoms with Crippen molar-refractivity contribution in [2.45, 2.75) is 17.7 Å². The van der Waals surface area contributed by atoms with Crippen LogP contribution in [0.5, 0.6) is 0 Å². The number of pyridine rings is 1. The monoisotopic (exact) mass is 285 g/mol. The Balaban J connectivity index is 2.23. The highest BCUT2D eigenvalue weighted by Crippen LogP contribution is 2.26. The average Bonchev–Trinajstić information content (AvgIpc) is 2.38. The molecule has 0 radical (unpaired) electrons. The molecule has 0 amide bonds. The van der Waals surface area contributed by atoms with Crippen LogP contribution in [-0.4, -0.2) is 37.6 Å². The zero-order chi connectivity index (χ0) is 14.0. The Morgan fingerprint density at radius 1 is 1.42 bits per heavy atom. The standard InChI is InChI=1S/C11H15N3O4S/c12-19(17,18)9-2-1-5-13-10(9)14-6-3-8(4-7-14)11(15)16/h1-2,5,8H,3-4,6-7H2,(H,15,16)(H2,12,17,18). The number of aromatic nitrogens is 1. The van der Waals surface area contributed by atoms with E-state index in [2.05, 4.69) is 4.98 Å². The Hall–Kier alpha value is -1.67. The van der Waals surface area contributed by atoms with Gasteiger partial charge in [-0.05, 0) is 25.0 Å². The lowest BCUT2D eigenvalue weighted by Gasteiger charge is -2.31. The number of carbonyl (C=O) groups is 1. The van der Waals surface area contributed by atoms with Gasteiger partial charge in [-0.25, -0.2) is 18.5 Å². The molecule has 3 N–H and O–H groups in total. The van der Waals surface area contributed by atoms with Gasteiger partial charge in [0.05, 0.1) is 5.92 Å². The lowest BCUT2D eigenvalue weighted by atomic mass is 9.97. The Labute approximate surface area is 111 Å². The summed E-state index contributed by atoms with van der Waals surface area (Å²) in [6, 6.07) is 2.91. The molecule has 1 aliphatic rings. The predicted octanol–water partition coefficient (Wildman–Crippen LogP) is 0.0300. The second-order valence-electron chi connectivity index (χ2n) is 4.47. The maximum Gasteiger partial charge on any atom is 0.306 e. The quantitative estimate of drug-likeness (QED) is 0.810. The van der Waals surface area contributed by atoms with E-state index in [9.17, 15) is 13.2 Å². The van der Waals surface area contributed by atoms with Crippen LogP contribution in [0.2, 0.25) is 0 Å². The van der Waals surface area contributed by atoms with Crippen LogP contribution in [0, 0.1) is 5.92 Å². The van der Waals surface area contributed by atoms with E-state index in [0.717, 1.165) is 0 Å². The predicted molar refractivity (Wildman–Crippen MR) is 68.2 cm³/mol. The van der Waals surface area contributed by atoms with E-state index in [4.69, 9.17) is 10.2 Å². The van der Waals surface area contributed by atoms with Crippen molar-refractivity contribution in [1.29, 1.82) is 0 Å². The Morgan fingerprint density at radius 3 is 2.58 bits per heavy atom. The van der Waals surface area contributed by atoms with Gasteiger partial charge >= 0.3 is 5.97 Å². The summed E-state index contributed by atoms with van der Waals surface area (Å²) in [5.74, 6) is -0.890. The fourth-order valence-electron chi connectivity index (χ4n) is 2.18. The SMILES string of the molecule is NS(=O)(=O)c1cccnc1N1CCC(C(=O)O)CC1. The minimum Gasteiger partial charge on any atom is -0.481 e. The molecule has 8 heteroatoms. The molecule has 2 rings (SSSR count). The molecule has 7 nitrogen and oxygen atoms in total. The summed E-state index contributed by atoms with van der Waals surface area (Å²) in [6.07, 6.45) is 2.43. The molecule has 1 saturated heterocycles. The van der Waals surface area contributed by atoms with E-state index in [1.165, 1.54) is 18.3 Å². The summed E-state index contributed by atoms with van der Waals surface area (Å²) < 4.78 is 23.0. The van der Waals surface area contributed by atoms with Crippen molar-refractivity contribution in [3.05, 3.63) is 18.3 Å². The molecule has 0 aliphatic carbocycles. The van der Waals surface area contributed by atoms with Gasteiger partial charge < -0.3 is 10.0 Å². The van der Waals surface area contributed by atoms with Crippen molar-refractivity contribution in [3.8, 4) is 0 Å². The smallest absolute Gasteiger partial charge is 0.306 e. The van der Waals surface area contributed by atoms with Gasteiger partial charge in [0.15, 0.2) is 0 Å². The van der Waals surface area contributed by atoms with Crippen molar-refractivity contribution in [3.63, 3.8) is 0 Å². The van der Waals surface area contributed by atoms with Crippen LogP contribution in [0.25, 0.3) is 0 Å². The molecule has 0 unspecified atom stereocenters. The first-order chi connectivity index (χ1) is 8.89. The normalized spacial score (nSPS) is 17.4. The van der Waals surface area contributed by atoms with Gasteiger partial charge in [0, 0.05) is 19.3 Å². The summed E-state index contributed by atoms with van der Waals surface area (Å²) >= 11 is 0. The van der Waals surface area contributed by atoms with Crippen LogP contribution < -0.4 is 10.0 Å². The third-order valence-electron chi connectivity index (χ3n) is 3.20. The zero-order valence-corrected chi connectivity index (χ0v) is 11.0. The lowest BCUT2D eigenvalue weighted by molar-refractivity contribution is -0.142. The fraction of sp³-hybridized carbons (Fsp3) is 0.455. The highest BCUT2D eigenvalue weighted by molar-refractivity contribution is 7.89. The van der Waals surface area contributed by atoms with Crippen molar-refractivity contribution in [2.75, 3.05) is 18.0 Å². The molecule has 0 saturated carbocycles. The summed E-state index contributed by atoms with van der Waals surface area (Å²) in [6.45, 7) is 0.910. The fourth-order valence-corrected chi connectivity index (χ4v) is 2.88. The lowest BCUT2D eigenvalue weighted by Crippen LogP contribution is -2.37. The molecular formula is C11H15N3O4S. The largest absolute Gasteiger partial charge is 0.481 e. The first-order valence-electron chi connectivity index (χ1n) is 5.85. The van der Waals surface area contributed by atoms with Crippen LogP contribution in [0.4, 0.5) is 5.82 Å². The molecule has 1 aliphatic heterocycles. The van der Waals surface area contributed by atoms with Crippen LogP contribution in [0.3, 0.4) is 0 Å². The minimum absolute atomic E-state index is 0.0243. The molecule has 1 aromatic heterocycles. The van der Waals surface area contributed by atoms with Crippen molar-refractivity contribution < 1.29 is 18.3 Å². The molecule has 19 heavy (non-hydrogen) atoms. The van der Waals surface area contributed by atoms with Gasteiger partial charge in [-0.2, -0.15) is 0 Å². The maximum absolute atomic E-state index is 11.5. The highest BCUT2D eigenvalue weighted by Gasteiger charge is 2.27. The van der Waals surface area contributed by atoms with Gasteiger partial charge in [0.2, 0.25) is 10.0 Å². The molecule has 0 bridgehead atoms. The summed E-state index contributed by atoms with van der Waals surface area (Å²) in [4.78, 5) is 16.7. The van der Waals surface area contributed by atoms with E-state index < -0.39 is 16.0 Å². The summed E-state index contributed by atoms with van der Waals surface area (Å²) in [7, 11) is -3.83. The Morgan fingerprint density at radius 2 is 2.05 bits per heavy atom. The van der Waals surface area contributed by atoms with E-state index in [0.29, 0.717) is 31.7 Å². The number of piperidine rings is 1. The highest BCUT2D eigenvalue weighted by atomic mass is 32.2. The maximum atomic E-state index is 11.5. The third-order valence-corrected chi connectivity index (χ3v) is 4.13. The number of aliphatic carboxylic acids is 1. The molecule has 0 aromatic carbocycles. The Bertz CT molecular complexity index is 579. The van der Waals surface area contributed by atoms with Gasteiger partial charge in [-0.3, -0.25) is 4.79 Å². The van der Waals surface area contributed by atoms with Crippen molar-refractivity contribution in [1.82, 2.24) is 4.98 Å². The number of carboxylic acid groups (broad SMARTS) is 1. The second-order valence-corrected chi connectivity index (χ2v) is 6.00. The van der Waals surface area contributed by atoms with Crippen LogP contribution in [0.1, 0.15) is 12.8 Å². The molecule has 0 spiro atoms. The van der Waals surface area contributed by atoms with E-state index >= 15 is 0 Å². The number of hydrogen-bond donors (Lipinski definition) is 2. The summed E-state index contributed by atoms with van der Waals surface area (Å²) in [5, 5.41) is 14.1. The average molecular weight is 285 g/mol. The Kier molecular flexibility index (Phi) is 3.72. The number of primary sulfonamides is 1. The van der Waals surface area contributed by atoms with Gasteiger partial charge in [0.25, 0.3) is 0 Å². The third kappa shape index (κ3) is 3.02. The number of anilines is 1. The number of hydrogen-bond acceptors (Lipinski definition) is 5. The van der Waals surface area contributed by atoms with Gasteiger partial charge in [-0.15, -0.1) is 0 Å². The molecule has 2 heterocycles. The molecule has 104 valence electrons. The van der Waals surface area contributed by atoms with Crippen molar-refractivity contribution >= 4 is 21.8 Å². The van der Waals surface area contributed by atoms with Crippen LogP contribution >= 0.6 is 0 Å². The first kappa shape index (κ1) is 13.8. The topological polar surface area (TPSA) is 114 Å². The van der Waals surface area contributed by atoms with E-state index in [-0.39, 0.29) is 10.8 Å². The van der Waals surface area contributed by atoms with Gasteiger partial charge in [0.1, 0.15) is 10.7 Å². The van der Waals surface area contributed by atoms with E-state index in [1.54, 1.807) is 4.90 Å². The number of rotatable bonds is 3. The molecule has 1 fully saturated rings. The number of nitrogens with zero attached hydrogens (tertiary/aromatic N) is 2. The molecule has 1 aromatic rings. The number of nitrogens with two attached hydrogens (primary N) is 1. The second kappa shape index (κ2) is 5.14. The number of carboxylic acids is 1. The van der Waals surface area contributed by atoms with E-state index in [1.807, 2.05) is 0 Å².